The molecule has 0 bridgehead atoms. The van der Waals surface area contributed by atoms with Gasteiger partial charge in [0.25, 0.3) is 0 Å². The molecule has 5 heterocycles. The third-order valence-electron chi connectivity index (χ3n) is 16.0. The average Bonchev–Trinajstić information content (AvgIpc) is 4.06. The molecule has 13 heteroatoms. The first-order valence-electron chi connectivity index (χ1n) is 30.7. The van der Waals surface area contributed by atoms with Gasteiger partial charge in [-0.2, -0.15) is 0 Å². The van der Waals surface area contributed by atoms with Crippen LogP contribution in [0.3, 0.4) is 0 Å². The summed E-state index contributed by atoms with van der Waals surface area (Å²) in [5, 5.41) is 4.18. The molecule has 0 aromatic carbocycles. The first kappa shape index (κ1) is 64.1. The quantitative estimate of drug-likeness (QED) is 0.0510. The summed E-state index contributed by atoms with van der Waals surface area (Å²) in [6.45, 7) is 30.2. The second-order valence-electron chi connectivity index (χ2n) is 22.7. The number of nitrogens with zero attached hydrogens (tertiary/aromatic N) is 1. The van der Waals surface area contributed by atoms with E-state index in [1.54, 1.807) is 22.7 Å². The Morgan fingerprint density at radius 2 is 0.750 bits per heavy atom. The molecule has 0 N–H and O–H groups in total. The fraction of sp³-hybridized carbons (Fsp3) is 0.810. The van der Waals surface area contributed by atoms with Crippen LogP contribution in [0.15, 0.2) is 10.8 Å². The molecule has 5 rings (SSSR count). The lowest BCUT2D eigenvalue weighted by molar-refractivity contribution is -0.0715. The minimum atomic E-state index is -0.495. The maximum Gasteiger partial charge on any atom is 0.188 e. The molecule has 3 aromatic heterocycles. The van der Waals surface area contributed by atoms with Crippen molar-refractivity contribution < 1.29 is 47.4 Å². The van der Waals surface area contributed by atoms with E-state index in [0.717, 1.165) is 122 Å². The average molecular weight is 1100 g/mol. The lowest BCUT2D eigenvalue weighted by Gasteiger charge is -2.32. The van der Waals surface area contributed by atoms with E-state index in [9.17, 15) is 0 Å². The van der Waals surface area contributed by atoms with Crippen LogP contribution in [0.4, 0.5) is 0 Å². The number of hydrogen-bond donors (Lipinski definition) is 0. The van der Waals surface area contributed by atoms with Crippen LogP contribution in [0.5, 0.6) is 34.5 Å². The molecule has 0 radical (unpaired) electrons. The van der Waals surface area contributed by atoms with Gasteiger partial charge in [0.1, 0.15) is 47.6 Å². The third-order valence-corrected chi connectivity index (χ3v) is 17.9. The Kier molecular flexibility index (Phi) is 29.7. The first-order chi connectivity index (χ1) is 37.1. The summed E-state index contributed by atoms with van der Waals surface area (Å²) >= 11 is 3.24. The van der Waals surface area contributed by atoms with Gasteiger partial charge in [0.05, 0.1) is 50.5 Å². The van der Waals surface area contributed by atoms with Crippen LogP contribution in [-0.4, -0.2) is 97.1 Å². The molecule has 0 spiro atoms. The minimum Gasteiger partial charge on any atom is -0.488 e. The lowest BCUT2D eigenvalue weighted by Crippen LogP contribution is -2.43. The molecular formula is C63H107NO10S2. The predicted molar refractivity (Wildman–Crippen MR) is 316 cm³/mol. The lowest BCUT2D eigenvalue weighted by atomic mass is 9.91. The van der Waals surface area contributed by atoms with Gasteiger partial charge in [0, 0.05) is 44.2 Å². The van der Waals surface area contributed by atoms with Crippen LogP contribution in [-0.2, 0) is 26.0 Å². The Bertz CT molecular complexity index is 1830. The van der Waals surface area contributed by atoms with Crippen LogP contribution in [0, 0.1) is 34.5 Å². The summed E-state index contributed by atoms with van der Waals surface area (Å²) in [5.74, 6) is 6.44. The normalized spacial score (nSPS) is 19.0. The molecule has 4 atom stereocenters. The highest BCUT2D eigenvalue weighted by atomic mass is 32.1. The number of ether oxygens (including phenoxy) is 10. The van der Waals surface area contributed by atoms with E-state index in [1.807, 2.05) is 0 Å². The molecule has 4 unspecified atom stereocenters. The summed E-state index contributed by atoms with van der Waals surface area (Å²) in [4.78, 5) is 1.87. The monoisotopic (exact) mass is 1100 g/mol. The number of unbranched alkanes of at least 4 members (excludes halogenated alkanes) is 6. The van der Waals surface area contributed by atoms with Crippen molar-refractivity contribution in [2.75, 3.05) is 92.5 Å². The minimum absolute atomic E-state index is 0.402. The standard InChI is InChI=1S/C63H107NO10S2/c1-12-22-28-48(18-7)34-65-40-62(41-66-35-49(19-8)29-23-13-2)44-71-52-38-75-60(56(52)73-46-62)54-58(69-32-26-16-5)59(70-33-27-17-6)55(64(54)11)61-57-53(39-76-61)72-45-63(47-74-57,42-67-36-50(20-9)30-24-14-3)43-68-37-51(21-10)31-25-15-4/h38-39,48-51H,12-37,40-47H2,1-11H3. The smallest absolute Gasteiger partial charge is 0.188 e. The zero-order chi connectivity index (χ0) is 54.6. The number of fused-ring (bicyclic) bond motifs is 2. The molecular weight excluding hydrogens is 995 g/mol. The second kappa shape index (κ2) is 35.1. The Morgan fingerprint density at radius 1 is 0.447 bits per heavy atom. The highest BCUT2D eigenvalue weighted by molar-refractivity contribution is 7.15. The van der Waals surface area contributed by atoms with Crippen molar-refractivity contribution in [3.05, 3.63) is 10.8 Å². The zero-order valence-electron chi connectivity index (χ0n) is 49.9. The van der Waals surface area contributed by atoms with Gasteiger partial charge < -0.3 is 51.9 Å². The van der Waals surface area contributed by atoms with Crippen LogP contribution >= 0.6 is 22.7 Å². The van der Waals surface area contributed by atoms with Crippen LogP contribution in [0.1, 0.15) is 198 Å². The van der Waals surface area contributed by atoms with Gasteiger partial charge in [0.15, 0.2) is 34.5 Å². The summed E-state index contributed by atoms with van der Waals surface area (Å²) in [5.41, 5.74) is 0.798. The van der Waals surface area contributed by atoms with Gasteiger partial charge in [0.2, 0.25) is 0 Å². The predicted octanol–water partition coefficient (Wildman–Crippen LogP) is 17.3. The number of aromatic nitrogens is 1. The van der Waals surface area contributed by atoms with Gasteiger partial charge in [-0.15, -0.1) is 22.7 Å². The fourth-order valence-electron chi connectivity index (χ4n) is 10.3. The summed E-state index contributed by atoms with van der Waals surface area (Å²) in [6.07, 6.45) is 22.6. The molecule has 76 heavy (non-hydrogen) atoms. The molecule has 0 aliphatic carbocycles. The summed E-state index contributed by atoms with van der Waals surface area (Å²) < 4.78 is 70.7. The molecule has 2 aliphatic rings. The van der Waals surface area contributed by atoms with Gasteiger partial charge >= 0.3 is 0 Å². The SMILES string of the molecule is CCCCOc1c(OCCCC)c(-c2scc3c2OCC(COCC(CC)CCCC)(COCC(CC)CCCC)CO3)n(C)c1-c1scc2c1OCC(COCC(CC)CCCC)(COCC(CC)CCCC)CO2. The molecule has 0 saturated heterocycles. The Labute approximate surface area is 470 Å². The molecule has 3 aromatic rings. The van der Waals surface area contributed by atoms with Gasteiger partial charge in [-0.25, -0.2) is 0 Å². The van der Waals surface area contributed by atoms with E-state index < -0.39 is 10.8 Å². The largest absolute Gasteiger partial charge is 0.488 e. The Morgan fingerprint density at radius 3 is 1.04 bits per heavy atom. The number of thiophene rings is 2. The van der Waals surface area contributed by atoms with E-state index in [4.69, 9.17) is 47.4 Å². The van der Waals surface area contributed by atoms with Crippen LogP contribution < -0.4 is 28.4 Å². The van der Waals surface area contributed by atoms with Gasteiger partial charge in [-0.1, -0.05) is 159 Å². The molecule has 0 amide bonds. The molecule has 0 saturated carbocycles. The van der Waals surface area contributed by atoms with Crippen molar-refractivity contribution in [1.82, 2.24) is 4.57 Å². The number of rotatable bonds is 42. The van der Waals surface area contributed by atoms with Crippen molar-refractivity contribution in [2.45, 2.75) is 198 Å². The van der Waals surface area contributed by atoms with Crippen molar-refractivity contribution in [2.24, 2.45) is 41.5 Å². The second-order valence-corrected chi connectivity index (χ2v) is 24.5. The third kappa shape index (κ3) is 18.7. The van der Waals surface area contributed by atoms with Crippen LogP contribution in [0.25, 0.3) is 21.1 Å². The van der Waals surface area contributed by atoms with Crippen molar-refractivity contribution in [1.29, 1.82) is 0 Å². The summed E-state index contributed by atoms with van der Waals surface area (Å²) in [6, 6.07) is 0. The summed E-state index contributed by atoms with van der Waals surface area (Å²) in [7, 11) is 2.12. The Balaban J connectivity index is 1.51. The number of hydrogen-bond acceptors (Lipinski definition) is 12. The Hall–Kier alpha value is -2.68. The van der Waals surface area contributed by atoms with Gasteiger partial charge in [-0.3, -0.25) is 0 Å². The maximum atomic E-state index is 7.09. The maximum absolute atomic E-state index is 7.09. The van der Waals surface area contributed by atoms with Crippen molar-refractivity contribution in [3.63, 3.8) is 0 Å². The first-order valence-corrected chi connectivity index (χ1v) is 32.4. The highest BCUT2D eigenvalue weighted by Crippen LogP contribution is 2.58. The van der Waals surface area contributed by atoms with E-state index in [0.29, 0.717) is 101 Å². The van der Waals surface area contributed by atoms with E-state index in [-0.39, 0.29) is 0 Å². The molecule has 0 fully saturated rings. The van der Waals surface area contributed by atoms with E-state index in [1.165, 1.54) is 77.0 Å². The highest BCUT2D eigenvalue weighted by Gasteiger charge is 2.42. The molecule has 436 valence electrons. The van der Waals surface area contributed by atoms with Crippen LogP contribution in [0.2, 0.25) is 0 Å². The van der Waals surface area contributed by atoms with Crippen molar-refractivity contribution in [3.8, 4) is 55.6 Å². The molecule has 2 aliphatic heterocycles. The van der Waals surface area contributed by atoms with Crippen molar-refractivity contribution >= 4 is 22.7 Å². The zero-order valence-corrected chi connectivity index (χ0v) is 51.5. The molecule has 11 nitrogen and oxygen atoms in total. The van der Waals surface area contributed by atoms with E-state index >= 15 is 0 Å². The van der Waals surface area contributed by atoms with Gasteiger partial charge in [-0.05, 0) is 62.2 Å². The van der Waals surface area contributed by atoms with E-state index in [2.05, 4.69) is 91.6 Å². The fourth-order valence-corrected chi connectivity index (χ4v) is 12.3. The topological polar surface area (TPSA) is 97.2 Å².